The molecule has 1 fully saturated rings. The molecule has 1 aliphatic rings. The molecule has 0 aromatic carbocycles. The lowest BCUT2D eigenvalue weighted by molar-refractivity contribution is -0.139. The van der Waals surface area contributed by atoms with Crippen molar-refractivity contribution in [3.63, 3.8) is 0 Å². The Morgan fingerprint density at radius 2 is 1.88 bits per heavy atom. The van der Waals surface area contributed by atoms with Crippen molar-refractivity contribution in [2.75, 3.05) is 5.75 Å². The van der Waals surface area contributed by atoms with Crippen LogP contribution in [-0.4, -0.2) is 22.4 Å². The monoisotopic (exact) mass is 130 g/mol. The number of hydrogen-bond acceptors (Lipinski definition) is 4. The summed E-state index contributed by atoms with van der Waals surface area (Å²) in [6.45, 7) is 0. The van der Waals surface area contributed by atoms with Gasteiger partial charge in [-0.3, -0.25) is 14.4 Å². The molecule has 0 aromatic heterocycles. The summed E-state index contributed by atoms with van der Waals surface area (Å²) in [6, 6.07) is 0. The van der Waals surface area contributed by atoms with E-state index in [0.717, 1.165) is 11.8 Å². The number of carbonyl (C=O) groups excluding carboxylic acids is 3. The maximum absolute atomic E-state index is 10.2. The van der Waals surface area contributed by atoms with E-state index in [1.54, 1.807) is 0 Å². The van der Waals surface area contributed by atoms with Gasteiger partial charge in [-0.05, 0) is 0 Å². The Balaban J connectivity index is 2.86. The minimum Gasteiger partial charge on any atom is -0.289 e. The predicted octanol–water partition coefficient (Wildman–Crippen LogP) is -0.602. The minimum atomic E-state index is -0.852. The summed E-state index contributed by atoms with van der Waals surface area (Å²) >= 11 is 0.775. The van der Waals surface area contributed by atoms with Gasteiger partial charge in [0.15, 0.2) is 0 Å². The summed E-state index contributed by atoms with van der Waals surface area (Å²) in [5.41, 5.74) is 0. The van der Waals surface area contributed by atoms with Crippen molar-refractivity contribution in [3.05, 3.63) is 0 Å². The maximum atomic E-state index is 10.2. The zero-order valence-corrected chi connectivity index (χ0v) is 4.66. The summed E-state index contributed by atoms with van der Waals surface area (Å²) in [7, 11) is 0. The van der Waals surface area contributed by atoms with Crippen molar-refractivity contribution >= 4 is 28.4 Å². The van der Waals surface area contributed by atoms with E-state index in [1.165, 1.54) is 0 Å². The summed E-state index contributed by atoms with van der Waals surface area (Å²) in [5, 5.41) is -0.616. The molecule has 1 rings (SSSR count). The molecule has 4 heteroatoms. The van der Waals surface area contributed by atoms with Gasteiger partial charge >= 0.3 is 0 Å². The first-order chi connectivity index (χ1) is 3.72. The van der Waals surface area contributed by atoms with E-state index in [9.17, 15) is 14.4 Å². The lowest BCUT2D eigenvalue weighted by atomic mass is 10.3. The highest BCUT2D eigenvalue weighted by molar-refractivity contribution is 8.17. The lowest BCUT2D eigenvalue weighted by Gasteiger charge is -1.71. The molecule has 0 amide bonds. The first-order valence-electron chi connectivity index (χ1n) is 1.96. The van der Waals surface area contributed by atoms with Gasteiger partial charge in [0.1, 0.15) is 0 Å². The molecule has 42 valence electrons. The van der Waals surface area contributed by atoms with Crippen LogP contribution in [-0.2, 0) is 14.4 Å². The molecule has 0 saturated carbocycles. The van der Waals surface area contributed by atoms with Crippen molar-refractivity contribution in [2.24, 2.45) is 0 Å². The van der Waals surface area contributed by atoms with Crippen LogP contribution in [0.25, 0.3) is 0 Å². The topological polar surface area (TPSA) is 51.2 Å². The van der Waals surface area contributed by atoms with Gasteiger partial charge in [0, 0.05) is 0 Å². The van der Waals surface area contributed by atoms with Gasteiger partial charge in [0.05, 0.1) is 5.75 Å². The maximum Gasteiger partial charge on any atom is 0.276 e. The number of ketones is 2. The van der Waals surface area contributed by atoms with Gasteiger partial charge < -0.3 is 0 Å². The largest absolute Gasteiger partial charge is 0.289 e. The number of rotatable bonds is 0. The summed E-state index contributed by atoms with van der Waals surface area (Å²) in [4.78, 5) is 30.6. The molecule has 0 aromatic rings. The van der Waals surface area contributed by atoms with Gasteiger partial charge in [0.2, 0.25) is 5.78 Å². The van der Waals surface area contributed by atoms with Gasteiger partial charge in [-0.1, -0.05) is 11.8 Å². The fourth-order valence-corrected chi connectivity index (χ4v) is 1.01. The third kappa shape index (κ3) is 0.667. The van der Waals surface area contributed by atoms with E-state index in [4.69, 9.17) is 0 Å². The Bertz CT molecular complexity index is 154. The Kier molecular flexibility index (Phi) is 1.17. The van der Waals surface area contributed by atoms with Crippen LogP contribution in [0.4, 0.5) is 0 Å². The fraction of sp³-hybridized carbons (Fsp3) is 0.250. The minimum absolute atomic E-state index is 0.0394. The van der Waals surface area contributed by atoms with E-state index in [2.05, 4.69) is 0 Å². The molecule has 0 unspecified atom stereocenters. The van der Waals surface area contributed by atoms with Crippen molar-refractivity contribution < 1.29 is 14.4 Å². The second kappa shape index (κ2) is 1.70. The van der Waals surface area contributed by atoms with E-state index in [1.807, 2.05) is 0 Å². The standard InChI is InChI=1S/C4H2O3S/c5-2-1-8-4(7)3(2)6/h1H2. The molecule has 3 nitrogen and oxygen atoms in total. The second-order valence-corrected chi connectivity index (χ2v) is 2.28. The molecule has 0 bridgehead atoms. The normalized spacial score (nSPS) is 20.2. The summed E-state index contributed by atoms with van der Waals surface area (Å²) in [5.74, 6) is -1.38. The molecule has 1 heterocycles. The first-order valence-corrected chi connectivity index (χ1v) is 2.94. The third-order valence-electron chi connectivity index (χ3n) is 0.773. The van der Waals surface area contributed by atoms with Crippen molar-refractivity contribution in [1.29, 1.82) is 0 Å². The van der Waals surface area contributed by atoms with Gasteiger partial charge in [-0.25, -0.2) is 0 Å². The van der Waals surface area contributed by atoms with Gasteiger partial charge in [-0.2, -0.15) is 0 Å². The van der Waals surface area contributed by atoms with Crippen LogP contribution < -0.4 is 0 Å². The molecule has 0 radical (unpaired) electrons. The van der Waals surface area contributed by atoms with Crippen molar-refractivity contribution in [3.8, 4) is 0 Å². The molecule has 0 N–H and O–H groups in total. The zero-order chi connectivity index (χ0) is 6.15. The average molecular weight is 130 g/mol. The van der Waals surface area contributed by atoms with E-state index in [-0.39, 0.29) is 5.75 Å². The SMILES string of the molecule is O=C1CSC(=O)C1=O. The molecule has 1 aliphatic heterocycles. The average Bonchev–Trinajstić information content (AvgIpc) is 1.98. The number of thioether (sulfide) groups is 1. The van der Waals surface area contributed by atoms with Crippen LogP contribution in [0, 0.1) is 0 Å². The highest BCUT2D eigenvalue weighted by atomic mass is 32.2. The Hall–Kier alpha value is -0.640. The van der Waals surface area contributed by atoms with Gasteiger partial charge in [-0.15, -0.1) is 0 Å². The van der Waals surface area contributed by atoms with Crippen LogP contribution in [0.15, 0.2) is 0 Å². The zero-order valence-electron chi connectivity index (χ0n) is 3.84. The lowest BCUT2D eigenvalue weighted by Crippen LogP contribution is -2.12. The van der Waals surface area contributed by atoms with Crippen molar-refractivity contribution in [2.45, 2.75) is 0 Å². The van der Waals surface area contributed by atoms with Crippen LogP contribution in [0.1, 0.15) is 0 Å². The van der Waals surface area contributed by atoms with Crippen LogP contribution in [0.3, 0.4) is 0 Å². The predicted molar refractivity (Wildman–Crippen MR) is 27.5 cm³/mol. The van der Waals surface area contributed by atoms with Crippen LogP contribution in [0.2, 0.25) is 0 Å². The van der Waals surface area contributed by atoms with Crippen LogP contribution in [0.5, 0.6) is 0 Å². The third-order valence-corrected chi connectivity index (χ3v) is 1.63. The van der Waals surface area contributed by atoms with E-state index >= 15 is 0 Å². The summed E-state index contributed by atoms with van der Waals surface area (Å²) < 4.78 is 0. The Morgan fingerprint density at radius 3 is 2.00 bits per heavy atom. The number of Topliss-reactive ketones (excluding diaryl/α,β-unsaturated/α-hetero) is 2. The summed E-state index contributed by atoms with van der Waals surface area (Å²) in [6.07, 6.45) is 0. The quantitative estimate of drug-likeness (QED) is 0.411. The smallest absolute Gasteiger partial charge is 0.276 e. The molecule has 0 atom stereocenters. The molecular formula is C4H2O3S. The fourth-order valence-electron chi connectivity index (χ4n) is 0.376. The highest BCUT2D eigenvalue weighted by Gasteiger charge is 2.30. The van der Waals surface area contributed by atoms with Crippen LogP contribution >= 0.6 is 11.8 Å². The highest BCUT2D eigenvalue weighted by Crippen LogP contribution is 2.11. The van der Waals surface area contributed by atoms with Gasteiger partial charge in [0.25, 0.3) is 10.9 Å². The number of hydrogen-bond donors (Lipinski definition) is 0. The first kappa shape index (κ1) is 5.50. The molecule has 1 saturated heterocycles. The molecule has 0 spiro atoms. The molecular weight excluding hydrogens is 128 g/mol. The second-order valence-electron chi connectivity index (χ2n) is 1.33. The molecule has 0 aliphatic carbocycles. The Morgan fingerprint density at radius 1 is 1.25 bits per heavy atom. The van der Waals surface area contributed by atoms with Crippen molar-refractivity contribution in [1.82, 2.24) is 0 Å². The number of carbonyl (C=O) groups is 3. The molecule has 8 heavy (non-hydrogen) atoms. The van der Waals surface area contributed by atoms with E-state index < -0.39 is 16.7 Å². The van der Waals surface area contributed by atoms with E-state index in [0.29, 0.717) is 0 Å². The Labute approximate surface area is 49.4 Å².